The lowest BCUT2D eigenvalue weighted by atomic mass is 10.3. The van der Waals surface area contributed by atoms with Gasteiger partial charge in [-0.2, -0.15) is 5.10 Å². The summed E-state index contributed by atoms with van der Waals surface area (Å²) in [6.45, 7) is 1.62. The molecule has 0 radical (unpaired) electrons. The summed E-state index contributed by atoms with van der Waals surface area (Å²) in [6, 6.07) is 0. The van der Waals surface area contributed by atoms with Crippen LogP contribution in [-0.4, -0.2) is 9.78 Å². The minimum Gasteiger partial charge on any atom is -0.272 e. The van der Waals surface area contributed by atoms with Crippen LogP contribution in [0.3, 0.4) is 0 Å². The summed E-state index contributed by atoms with van der Waals surface area (Å²) in [5.74, 6) is 0. The number of alkyl halides is 2. The van der Waals surface area contributed by atoms with Gasteiger partial charge in [-0.25, -0.2) is 8.78 Å². The van der Waals surface area contributed by atoms with E-state index in [4.69, 9.17) is 0 Å². The van der Waals surface area contributed by atoms with Crippen LogP contribution in [0.25, 0.3) is 0 Å². The van der Waals surface area contributed by atoms with Gasteiger partial charge in [0.25, 0.3) is 6.43 Å². The van der Waals surface area contributed by atoms with Crippen LogP contribution in [0.4, 0.5) is 8.78 Å². The molecular formula is C6H8F2N2. The fourth-order valence-electron chi connectivity index (χ4n) is 0.730. The Hall–Kier alpha value is -0.930. The zero-order chi connectivity index (χ0) is 7.72. The highest BCUT2D eigenvalue weighted by atomic mass is 19.3. The predicted molar refractivity (Wildman–Crippen MR) is 32.9 cm³/mol. The van der Waals surface area contributed by atoms with E-state index >= 15 is 0 Å². The average molecular weight is 146 g/mol. The number of rotatable bonds is 1. The van der Waals surface area contributed by atoms with E-state index in [1.807, 2.05) is 0 Å². The van der Waals surface area contributed by atoms with Crippen molar-refractivity contribution < 1.29 is 8.78 Å². The highest BCUT2D eigenvalue weighted by molar-refractivity contribution is 5.16. The summed E-state index contributed by atoms with van der Waals surface area (Å²) in [5.41, 5.74) is 0.539. The topological polar surface area (TPSA) is 17.8 Å². The molecule has 0 unspecified atom stereocenters. The van der Waals surface area contributed by atoms with Crippen LogP contribution in [-0.2, 0) is 7.05 Å². The Bertz CT molecular complexity index is 230. The first-order valence-corrected chi connectivity index (χ1v) is 2.89. The van der Waals surface area contributed by atoms with Gasteiger partial charge >= 0.3 is 0 Å². The molecule has 0 spiro atoms. The van der Waals surface area contributed by atoms with Gasteiger partial charge in [0.1, 0.15) is 0 Å². The lowest BCUT2D eigenvalue weighted by Crippen LogP contribution is -1.94. The quantitative estimate of drug-likeness (QED) is 0.589. The minimum atomic E-state index is -2.41. The number of halogens is 2. The molecule has 0 aliphatic rings. The van der Waals surface area contributed by atoms with Crippen LogP contribution >= 0.6 is 0 Å². The smallest absolute Gasteiger partial charge is 0.267 e. The van der Waals surface area contributed by atoms with Crippen molar-refractivity contribution in [1.82, 2.24) is 9.78 Å². The van der Waals surface area contributed by atoms with Gasteiger partial charge in [0.05, 0.1) is 11.8 Å². The molecular weight excluding hydrogens is 138 g/mol. The van der Waals surface area contributed by atoms with Crippen LogP contribution in [0.5, 0.6) is 0 Å². The van der Waals surface area contributed by atoms with E-state index in [0.29, 0.717) is 5.69 Å². The number of hydrogen-bond donors (Lipinski definition) is 0. The lowest BCUT2D eigenvalue weighted by molar-refractivity contribution is 0.150. The van der Waals surface area contributed by atoms with E-state index in [2.05, 4.69) is 5.10 Å². The number of aryl methyl sites for hydroxylation is 1. The molecule has 0 aliphatic heterocycles. The number of hydrogen-bond acceptors (Lipinski definition) is 1. The number of aromatic nitrogens is 2. The van der Waals surface area contributed by atoms with Crippen LogP contribution in [0.1, 0.15) is 17.7 Å². The third-order valence-corrected chi connectivity index (χ3v) is 1.51. The Morgan fingerprint density at radius 1 is 1.60 bits per heavy atom. The molecule has 1 aromatic rings. The van der Waals surface area contributed by atoms with Crippen molar-refractivity contribution >= 4 is 0 Å². The maximum Gasteiger partial charge on any atom is 0.267 e. The van der Waals surface area contributed by atoms with Gasteiger partial charge in [-0.1, -0.05) is 0 Å². The molecule has 1 heterocycles. The van der Waals surface area contributed by atoms with E-state index in [0.717, 1.165) is 0 Å². The van der Waals surface area contributed by atoms with E-state index < -0.39 is 6.43 Å². The second kappa shape index (κ2) is 2.36. The standard InChI is InChI=1S/C6H8F2N2/c1-4-5(6(7)8)3-9-10(4)2/h3,6H,1-2H3. The molecule has 2 nitrogen and oxygen atoms in total. The second-order valence-corrected chi connectivity index (χ2v) is 2.11. The van der Waals surface area contributed by atoms with E-state index in [1.54, 1.807) is 14.0 Å². The van der Waals surface area contributed by atoms with E-state index in [9.17, 15) is 8.78 Å². The first-order valence-electron chi connectivity index (χ1n) is 2.89. The van der Waals surface area contributed by atoms with Gasteiger partial charge in [-0.05, 0) is 6.92 Å². The summed E-state index contributed by atoms with van der Waals surface area (Å²) in [7, 11) is 1.64. The van der Waals surface area contributed by atoms with Gasteiger partial charge in [0.2, 0.25) is 0 Å². The van der Waals surface area contributed by atoms with Crippen molar-refractivity contribution in [2.45, 2.75) is 13.3 Å². The van der Waals surface area contributed by atoms with Crippen molar-refractivity contribution in [3.8, 4) is 0 Å². The summed E-state index contributed by atoms with van der Waals surface area (Å²) >= 11 is 0. The SMILES string of the molecule is Cc1c(C(F)F)cnn1C. The van der Waals surface area contributed by atoms with Gasteiger partial charge in [-0.15, -0.1) is 0 Å². The number of nitrogens with zero attached hydrogens (tertiary/aromatic N) is 2. The molecule has 1 aromatic heterocycles. The molecule has 10 heavy (non-hydrogen) atoms. The minimum absolute atomic E-state index is 0.0162. The molecule has 0 aliphatic carbocycles. The molecule has 0 aromatic carbocycles. The molecule has 4 heteroatoms. The van der Waals surface area contributed by atoms with E-state index in [-0.39, 0.29) is 5.56 Å². The highest BCUT2D eigenvalue weighted by Crippen LogP contribution is 2.20. The Kier molecular flexibility index (Phi) is 1.70. The molecule has 0 saturated carbocycles. The van der Waals surface area contributed by atoms with Gasteiger partial charge in [0.15, 0.2) is 0 Å². The summed E-state index contributed by atoms with van der Waals surface area (Å²) in [4.78, 5) is 0. The van der Waals surface area contributed by atoms with Gasteiger partial charge < -0.3 is 0 Å². The van der Waals surface area contributed by atoms with Crippen LogP contribution in [0.15, 0.2) is 6.20 Å². The maximum atomic E-state index is 12.0. The van der Waals surface area contributed by atoms with Crippen LogP contribution in [0, 0.1) is 6.92 Å². The normalized spacial score (nSPS) is 10.9. The third kappa shape index (κ3) is 1.01. The fourth-order valence-corrected chi connectivity index (χ4v) is 0.730. The van der Waals surface area contributed by atoms with Gasteiger partial charge in [-0.3, -0.25) is 4.68 Å². The molecule has 0 saturated heterocycles. The summed E-state index contributed by atoms with van der Waals surface area (Å²) in [5, 5.41) is 3.67. The van der Waals surface area contributed by atoms with Crippen molar-refractivity contribution in [1.29, 1.82) is 0 Å². The second-order valence-electron chi connectivity index (χ2n) is 2.11. The first-order chi connectivity index (χ1) is 4.63. The lowest BCUT2D eigenvalue weighted by Gasteiger charge is -1.96. The van der Waals surface area contributed by atoms with Crippen molar-refractivity contribution in [3.05, 3.63) is 17.5 Å². The Labute approximate surface area is 57.5 Å². The molecule has 0 fully saturated rings. The Morgan fingerprint density at radius 3 is 2.40 bits per heavy atom. The third-order valence-electron chi connectivity index (χ3n) is 1.51. The zero-order valence-corrected chi connectivity index (χ0v) is 5.81. The summed E-state index contributed by atoms with van der Waals surface area (Å²) in [6.07, 6.45) is -1.21. The Balaban J connectivity index is 3.05. The first kappa shape index (κ1) is 7.18. The van der Waals surface area contributed by atoms with Crippen molar-refractivity contribution in [2.24, 2.45) is 7.05 Å². The van der Waals surface area contributed by atoms with Crippen molar-refractivity contribution in [3.63, 3.8) is 0 Å². The maximum absolute atomic E-state index is 12.0. The molecule has 0 atom stereocenters. The monoisotopic (exact) mass is 146 g/mol. The summed E-state index contributed by atoms with van der Waals surface area (Å²) < 4.78 is 25.4. The van der Waals surface area contributed by atoms with Gasteiger partial charge in [0, 0.05) is 12.7 Å². The predicted octanol–water partition coefficient (Wildman–Crippen LogP) is 1.67. The van der Waals surface area contributed by atoms with Crippen molar-refractivity contribution in [2.75, 3.05) is 0 Å². The average Bonchev–Trinajstić information content (AvgIpc) is 2.14. The van der Waals surface area contributed by atoms with E-state index in [1.165, 1.54) is 10.9 Å². The largest absolute Gasteiger partial charge is 0.272 e. The zero-order valence-electron chi connectivity index (χ0n) is 5.81. The molecule has 56 valence electrons. The fraction of sp³-hybridized carbons (Fsp3) is 0.500. The van der Waals surface area contributed by atoms with Crippen LogP contribution in [0.2, 0.25) is 0 Å². The van der Waals surface area contributed by atoms with Crippen LogP contribution < -0.4 is 0 Å². The Morgan fingerprint density at radius 2 is 2.20 bits per heavy atom. The molecule has 0 N–H and O–H groups in total. The highest BCUT2D eigenvalue weighted by Gasteiger charge is 2.12. The molecule has 0 amide bonds. The molecule has 0 bridgehead atoms. The molecule has 1 rings (SSSR count).